The molecule has 2 aliphatic heterocycles. The summed E-state index contributed by atoms with van der Waals surface area (Å²) in [4.78, 5) is 12.6. The molecule has 1 fully saturated rings. The van der Waals surface area contributed by atoms with Crippen LogP contribution < -0.4 is 4.90 Å². The summed E-state index contributed by atoms with van der Waals surface area (Å²) in [6.45, 7) is 5.52. The first-order valence-corrected chi connectivity index (χ1v) is 6.78. The number of fused-ring (bicyclic) bond motifs is 1. The van der Waals surface area contributed by atoms with E-state index in [9.17, 15) is 0 Å². The molecule has 0 saturated carbocycles. The minimum atomic E-state index is 0.598. The molecule has 0 bridgehead atoms. The van der Waals surface area contributed by atoms with Crippen molar-refractivity contribution in [3.05, 3.63) is 15.9 Å². The lowest BCUT2D eigenvalue weighted by Crippen LogP contribution is -2.45. The number of rotatable bonds is 1. The van der Waals surface area contributed by atoms with Crippen LogP contribution in [0.15, 0.2) is 0 Å². The molecule has 0 aromatic carbocycles. The Balaban J connectivity index is 1.89. The number of hydrogen-bond acceptors (Lipinski definition) is 5. The van der Waals surface area contributed by atoms with E-state index in [1.807, 2.05) is 0 Å². The van der Waals surface area contributed by atoms with Crippen LogP contribution in [0.3, 0.4) is 0 Å². The van der Waals surface area contributed by atoms with Crippen molar-refractivity contribution in [3.63, 3.8) is 0 Å². The van der Waals surface area contributed by atoms with Gasteiger partial charge >= 0.3 is 0 Å². The molecule has 0 spiro atoms. The van der Waals surface area contributed by atoms with Gasteiger partial charge in [-0.25, -0.2) is 4.98 Å². The van der Waals surface area contributed by atoms with Gasteiger partial charge in [-0.2, -0.15) is 0 Å². The minimum Gasteiger partial charge on any atom is -0.376 e. The summed E-state index contributed by atoms with van der Waals surface area (Å²) in [6, 6.07) is 0. The lowest BCUT2D eigenvalue weighted by Gasteiger charge is -2.33. The van der Waals surface area contributed by atoms with Gasteiger partial charge in [-0.1, -0.05) is 12.2 Å². The van der Waals surface area contributed by atoms with Gasteiger partial charge in [0.25, 0.3) is 0 Å². The van der Waals surface area contributed by atoms with Crippen LogP contribution in [0.25, 0.3) is 0 Å². The second-order valence-electron chi connectivity index (χ2n) is 4.92. The molecular weight excluding hydrogens is 248 g/mol. The largest absolute Gasteiger partial charge is 0.376 e. The Morgan fingerprint density at radius 2 is 2.06 bits per heavy atom. The molecule has 0 aliphatic carbocycles. The van der Waals surface area contributed by atoms with E-state index in [-0.39, 0.29) is 0 Å². The Bertz CT molecular complexity index is 493. The fourth-order valence-corrected chi connectivity index (χ4v) is 2.68. The second kappa shape index (κ2) is 4.95. The van der Waals surface area contributed by atoms with Crippen molar-refractivity contribution in [3.8, 4) is 0 Å². The molecular formula is C12H18N4OS. The normalized spacial score (nSPS) is 20.8. The van der Waals surface area contributed by atoms with E-state index >= 15 is 0 Å². The Hall–Kier alpha value is -0.980. The van der Waals surface area contributed by atoms with Gasteiger partial charge in [0.05, 0.1) is 13.2 Å². The van der Waals surface area contributed by atoms with Crippen molar-refractivity contribution >= 4 is 18.2 Å². The summed E-state index contributed by atoms with van der Waals surface area (Å²) >= 11 is 5.37. The zero-order valence-electron chi connectivity index (χ0n) is 10.6. The number of aromatic amines is 1. The van der Waals surface area contributed by atoms with Crippen molar-refractivity contribution in [2.75, 3.05) is 44.7 Å². The number of hydrogen-bond donors (Lipinski definition) is 1. The van der Waals surface area contributed by atoms with Crippen LogP contribution in [0.4, 0.5) is 5.95 Å². The third-order valence-electron chi connectivity index (χ3n) is 3.64. The van der Waals surface area contributed by atoms with E-state index < -0.39 is 0 Å². The average Bonchev–Trinajstić information content (AvgIpc) is 2.39. The lowest BCUT2D eigenvalue weighted by molar-refractivity contribution is 0.108. The Morgan fingerprint density at radius 1 is 1.28 bits per heavy atom. The highest BCUT2D eigenvalue weighted by Crippen LogP contribution is 2.19. The molecule has 1 N–H and O–H groups in total. The molecule has 5 nitrogen and oxygen atoms in total. The zero-order valence-corrected chi connectivity index (χ0v) is 11.4. The van der Waals surface area contributed by atoms with Crippen LogP contribution in [0, 0.1) is 4.64 Å². The van der Waals surface area contributed by atoms with Gasteiger partial charge in [-0.05, 0) is 7.05 Å². The van der Waals surface area contributed by atoms with E-state index in [0.29, 0.717) is 11.2 Å². The molecule has 1 saturated heterocycles. The van der Waals surface area contributed by atoms with Gasteiger partial charge in [0, 0.05) is 43.9 Å². The smallest absolute Gasteiger partial charge is 0.204 e. The predicted octanol–water partition coefficient (Wildman–Crippen LogP) is 0.964. The molecule has 1 aromatic rings. The number of aromatic nitrogens is 2. The number of nitrogens with zero attached hydrogens (tertiary/aromatic N) is 3. The first kappa shape index (κ1) is 12.1. The fourth-order valence-electron chi connectivity index (χ4n) is 2.41. The maximum Gasteiger partial charge on any atom is 0.204 e. The van der Waals surface area contributed by atoms with Gasteiger partial charge in [0.15, 0.2) is 0 Å². The molecule has 18 heavy (non-hydrogen) atoms. The van der Waals surface area contributed by atoms with Gasteiger partial charge in [0.1, 0.15) is 4.64 Å². The van der Waals surface area contributed by atoms with Crippen LogP contribution in [0.2, 0.25) is 0 Å². The van der Waals surface area contributed by atoms with E-state index in [0.717, 1.165) is 50.7 Å². The second-order valence-corrected chi connectivity index (χ2v) is 5.30. The molecule has 6 heteroatoms. The maximum absolute atomic E-state index is 5.43. The summed E-state index contributed by atoms with van der Waals surface area (Å²) < 4.78 is 6.12. The predicted molar refractivity (Wildman–Crippen MR) is 72.5 cm³/mol. The van der Waals surface area contributed by atoms with E-state index in [1.165, 1.54) is 5.69 Å². The molecule has 0 radical (unpaired) electrons. The minimum absolute atomic E-state index is 0.598. The van der Waals surface area contributed by atoms with E-state index in [4.69, 9.17) is 17.0 Å². The highest BCUT2D eigenvalue weighted by atomic mass is 32.1. The molecule has 3 heterocycles. The van der Waals surface area contributed by atoms with Gasteiger partial charge in [-0.3, -0.25) is 0 Å². The highest BCUT2D eigenvalue weighted by Gasteiger charge is 2.19. The van der Waals surface area contributed by atoms with Crippen molar-refractivity contribution in [2.24, 2.45) is 0 Å². The Kier molecular flexibility index (Phi) is 3.32. The monoisotopic (exact) mass is 266 g/mol. The first-order valence-electron chi connectivity index (χ1n) is 6.37. The standard InChI is InChI=1S/C12H18N4OS/c1-15-3-5-16(6-4-15)12-13-10-2-7-17-8-9(10)11(18)14-12/h2-8H2,1H3,(H,13,14,18). The van der Waals surface area contributed by atoms with Crippen molar-refractivity contribution < 1.29 is 4.74 Å². The molecule has 3 rings (SSSR count). The molecule has 2 aliphatic rings. The summed E-state index contributed by atoms with van der Waals surface area (Å²) in [5.41, 5.74) is 2.27. The number of H-pyrrole nitrogens is 1. The quantitative estimate of drug-likeness (QED) is 0.767. The zero-order chi connectivity index (χ0) is 12.5. The maximum atomic E-state index is 5.43. The third kappa shape index (κ3) is 2.28. The average molecular weight is 266 g/mol. The number of likely N-dealkylation sites (N-methyl/N-ethyl adjacent to an activating group) is 1. The van der Waals surface area contributed by atoms with Crippen LogP contribution in [0.5, 0.6) is 0 Å². The fraction of sp³-hybridized carbons (Fsp3) is 0.667. The van der Waals surface area contributed by atoms with Gasteiger partial charge < -0.3 is 19.5 Å². The van der Waals surface area contributed by atoms with Crippen LogP contribution in [-0.2, 0) is 17.8 Å². The van der Waals surface area contributed by atoms with Crippen molar-refractivity contribution in [1.29, 1.82) is 0 Å². The van der Waals surface area contributed by atoms with Crippen LogP contribution in [-0.4, -0.2) is 54.7 Å². The van der Waals surface area contributed by atoms with Crippen LogP contribution in [0.1, 0.15) is 11.3 Å². The SMILES string of the molecule is CN1CCN(c2nc(=S)c3c([nH]2)CCOC3)CC1. The Labute approximate surface area is 112 Å². The summed E-state index contributed by atoms with van der Waals surface area (Å²) in [5, 5.41) is 0. The molecule has 0 unspecified atom stereocenters. The molecule has 1 aromatic heterocycles. The van der Waals surface area contributed by atoms with Gasteiger partial charge in [0.2, 0.25) is 5.95 Å². The number of anilines is 1. The molecule has 0 amide bonds. The Morgan fingerprint density at radius 3 is 2.83 bits per heavy atom. The lowest BCUT2D eigenvalue weighted by atomic mass is 10.1. The van der Waals surface area contributed by atoms with E-state index in [1.54, 1.807) is 0 Å². The molecule has 98 valence electrons. The highest BCUT2D eigenvalue weighted by molar-refractivity contribution is 7.71. The third-order valence-corrected chi connectivity index (χ3v) is 3.98. The van der Waals surface area contributed by atoms with E-state index in [2.05, 4.69) is 26.8 Å². The van der Waals surface area contributed by atoms with Crippen LogP contribution >= 0.6 is 12.2 Å². The number of nitrogens with one attached hydrogen (secondary N) is 1. The summed E-state index contributed by atoms with van der Waals surface area (Å²) in [5.74, 6) is 0.925. The number of ether oxygens (including phenoxy) is 1. The van der Waals surface area contributed by atoms with Crippen molar-refractivity contribution in [2.45, 2.75) is 13.0 Å². The topological polar surface area (TPSA) is 44.4 Å². The van der Waals surface area contributed by atoms with Crippen molar-refractivity contribution in [1.82, 2.24) is 14.9 Å². The molecule has 0 atom stereocenters. The van der Waals surface area contributed by atoms with Gasteiger partial charge in [-0.15, -0.1) is 0 Å². The summed E-state index contributed by atoms with van der Waals surface area (Å²) in [7, 11) is 2.15. The summed E-state index contributed by atoms with van der Waals surface area (Å²) in [6.07, 6.45) is 0.905. The number of piperazine rings is 1. The first-order chi connectivity index (χ1) is 8.74.